The van der Waals surface area contributed by atoms with Crippen LogP contribution in [0.1, 0.15) is 19.0 Å². The van der Waals surface area contributed by atoms with Crippen molar-refractivity contribution in [3.8, 4) is 0 Å². The lowest BCUT2D eigenvalue weighted by atomic mass is 10.1. The van der Waals surface area contributed by atoms with Crippen LogP contribution in [0.15, 0.2) is 12.5 Å². The van der Waals surface area contributed by atoms with E-state index in [9.17, 15) is 34.2 Å². The Balaban J connectivity index is 2.95. The van der Waals surface area contributed by atoms with E-state index in [1.54, 1.807) is 0 Å². The van der Waals surface area contributed by atoms with Crippen LogP contribution < -0.4 is 21.7 Å². The van der Waals surface area contributed by atoms with E-state index >= 15 is 0 Å². The van der Waals surface area contributed by atoms with Gasteiger partial charge >= 0.3 is 11.9 Å². The summed E-state index contributed by atoms with van der Waals surface area (Å²) in [6.45, 7) is 1.19. The highest BCUT2D eigenvalue weighted by atomic mass is 32.1. The van der Waals surface area contributed by atoms with E-state index in [0.717, 1.165) is 0 Å². The highest BCUT2D eigenvalue weighted by Crippen LogP contribution is 2.03. The molecule has 1 heterocycles. The van der Waals surface area contributed by atoms with E-state index in [4.69, 9.17) is 10.8 Å². The number of aromatic nitrogens is 2. The lowest BCUT2D eigenvalue weighted by Crippen LogP contribution is -2.60. The number of nitrogens with zero attached hydrogens (tertiary/aromatic N) is 1. The first-order valence-electron chi connectivity index (χ1n) is 9.33. The fourth-order valence-electron chi connectivity index (χ4n) is 2.48. The van der Waals surface area contributed by atoms with Crippen LogP contribution in [0.2, 0.25) is 0 Å². The number of imidazole rings is 1. The summed E-state index contributed by atoms with van der Waals surface area (Å²) < 4.78 is 0. The molecule has 0 aromatic carbocycles. The minimum absolute atomic E-state index is 0.0447. The summed E-state index contributed by atoms with van der Waals surface area (Å²) >= 11 is 3.86. The number of nitrogens with one attached hydrogen (secondary N) is 4. The highest BCUT2D eigenvalue weighted by molar-refractivity contribution is 7.80. The third-order valence-corrected chi connectivity index (χ3v) is 4.59. The van der Waals surface area contributed by atoms with Crippen molar-refractivity contribution in [1.29, 1.82) is 0 Å². The van der Waals surface area contributed by atoms with Gasteiger partial charge in [-0.25, -0.2) is 9.78 Å². The normalized spacial score (nSPS) is 15.5. The fourth-order valence-corrected chi connectivity index (χ4v) is 2.65. The Bertz CT molecular complexity index is 818. The van der Waals surface area contributed by atoms with Gasteiger partial charge in [-0.2, -0.15) is 12.6 Å². The maximum absolute atomic E-state index is 12.6. The number of carboxylic acids is 2. The molecule has 0 aliphatic heterocycles. The Kier molecular flexibility index (Phi) is 10.6. The molecule has 1 aromatic rings. The first-order valence-corrected chi connectivity index (χ1v) is 9.97. The third kappa shape index (κ3) is 8.52. The molecular formula is C17H26N6O8S. The van der Waals surface area contributed by atoms with Gasteiger partial charge < -0.3 is 42.0 Å². The molecule has 1 rings (SSSR count). The minimum Gasteiger partial charge on any atom is -0.481 e. The molecular weight excluding hydrogens is 448 g/mol. The molecule has 15 heteroatoms. The summed E-state index contributed by atoms with van der Waals surface area (Å²) in [5.74, 6) is -5.86. The number of carbonyl (C=O) groups is 5. The molecule has 14 nitrogen and oxygen atoms in total. The van der Waals surface area contributed by atoms with Gasteiger partial charge in [0.15, 0.2) is 0 Å². The number of aromatic amines is 1. The predicted octanol–water partition coefficient (Wildman–Crippen LogP) is -3.40. The van der Waals surface area contributed by atoms with Gasteiger partial charge in [-0.1, -0.05) is 0 Å². The Morgan fingerprint density at radius 3 is 2.19 bits per heavy atom. The van der Waals surface area contributed by atoms with Crippen LogP contribution in [-0.4, -0.2) is 91.0 Å². The van der Waals surface area contributed by atoms with Crippen LogP contribution in [0.5, 0.6) is 0 Å². The molecule has 178 valence electrons. The van der Waals surface area contributed by atoms with Crippen LogP contribution in [-0.2, 0) is 30.4 Å². The van der Waals surface area contributed by atoms with Crippen molar-refractivity contribution in [3.63, 3.8) is 0 Å². The van der Waals surface area contributed by atoms with Gasteiger partial charge in [-0.15, -0.1) is 0 Å². The van der Waals surface area contributed by atoms with Crippen molar-refractivity contribution in [2.75, 3.05) is 5.75 Å². The molecule has 0 fully saturated rings. The standard InChI is InChI=1S/C17H26N6O8S/c1-7(24)13(23-14(27)9(18)5-32)16(29)21-10(3-12(25)26)15(28)22-11(17(30)31)2-8-4-19-6-20-8/h4,6-7,9-11,13,24,32H,2-3,5,18H2,1H3,(H,19,20)(H,21,29)(H,22,28)(H,23,27)(H,25,26)(H,30,31). The largest absolute Gasteiger partial charge is 0.481 e. The number of nitrogens with two attached hydrogens (primary N) is 1. The van der Waals surface area contributed by atoms with E-state index in [2.05, 4.69) is 38.5 Å². The van der Waals surface area contributed by atoms with Crippen LogP contribution in [0, 0.1) is 0 Å². The van der Waals surface area contributed by atoms with Crippen molar-refractivity contribution < 1.29 is 39.3 Å². The summed E-state index contributed by atoms with van der Waals surface area (Å²) in [6.07, 6.45) is 0.178. The van der Waals surface area contributed by atoms with Gasteiger partial charge in [0.25, 0.3) is 0 Å². The number of aliphatic hydroxyl groups is 1. The average Bonchev–Trinajstić information content (AvgIpc) is 3.22. The molecule has 0 aliphatic rings. The van der Waals surface area contributed by atoms with Gasteiger partial charge in [0.2, 0.25) is 17.7 Å². The zero-order valence-corrected chi connectivity index (χ0v) is 17.9. The van der Waals surface area contributed by atoms with Crippen molar-refractivity contribution >= 4 is 42.3 Å². The van der Waals surface area contributed by atoms with Crippen LogP contribution >= 0.6 is 12.6 Å². The number of thiol groups is 1. The summed E-state index contributed by atoms with van der Waals surface area (Å²) in [5.41, 5.74) is 5.91. The second-order valence-electron chi connectivity index (χ2n) is 6.86. The number of hydrogen-bond acceptors (Lipinski definition) is 9. The highest BCUT2D eigenvalue weighted by Gasteiger charge is 2.33. The lowest BCUT2D eigenvalue weighted by Gasteiger charge is -2.25. The Labute approximate surface area is 187 Å². The number of hydrogen-bond donors (Lipinski definition) is 9. The Morgan fingerprint density at radius 1 is 1.09 bits per heavy atom. The summed E-state index contributed by atoms with van der Waals surface area (Å²) in [7, 11) is 0. The van der Waals surface area contributed by atoms with Gasteiger partial charge in [-0.05, 0) is 6.92 Å². The summed E-state index contributed by atoms with van der Waals surface area (Å²) in [5, 5.41) is 34.7. The van der Waals surface area contributed by atoms with Crippen LogP contribution in [0.4, 0.5) is 0 Å². The SMILES string of the molecule is CC(O)C(NC(=O)C(N)CS)C(=O)NC(CC(=O)O)C(=O)NC(Cc1cnc[nH]1)C(=O)O. The molecule has 32 heavy (non-hydrogen) atoms. The van der Waals surface area contributed by atoms with Crippen molar-refractivity contribution in [1.82, 2.24) is 25.9 Å². The number of aliphatic hydroxyl groups excluding tert-OH is 1. The Hall–Kier alpha value is -3.17. The first kappa shape index (κ1) is 26.9. The van der Waals surface area contributed by atoms with E-state index in [0.29, 0.717) is 5.69 Å². The molecule has 5 atom stereocenters. The predicted molar refractivity (Wildman–Crippen MR) is 111 cm³/mol. The van der Waals surface area contributed by atoms with E-state index in [-0.39, 0.29) is 12.2 Å². The van der Waals surface area contributed by atoms with E-state index < -0.39 is 66.4 Å². The van der Waals surface area contributed by atoms with Gasteiger partial charge in [0.05, 0.1) is 24.9 Å². The van der Waals surface area contributed by atoms with Gasteiger partial charge in [0.1, 0.15) is 18.1 Å². The second kappa shape index (κ2) is 12.6. The molecule has 3 amide bonds. The van der Waals surface area contributed by atoms with Gasteiger partial charge in [0, 0.05) is 24.1 Å². The topological polar surface area (TPSA) is 237 Å². The molecule has 9 N–H and O–H groups in total. The molecule has 0 saturated heterocycles. The first-order chi connectivity index (χ1) is 15.0. The molecule has 0 aliphatic carbocycles. The Morgan fingerprint density at radius 2 is 1.72 bits per heavy atom. The smallest absolute Gasteiger partial charge is 0.326 e. The van der Waals surface area contributed by atoms with E-state index in [1.165, 1.54) is 19.4 Å². The molecule has 1 aromatic heterocycles. The third-order valence-electron chi connectivity index (χ3n) is 4.20. The maximum atomic E-state index is 12.6. The minimum atomic E-state index is -1.69. The number of H-pyrrole nitrogens is 1. The number of carbonyl (C=O) groups excluding carboxylic acids is 3. The summed E-state index contributed by atoms with van der Waals surface area (Å²) in [4.78, 5) is 66.1. The number of carboxylic acid groups (broad SMARTS) is 2. The monoisotopic (exact) mass is 474 g/mol. The van der Waals surface area contributed by atoms with E-state index in [1.807, 2.05) is 0 Å². The van der Waals surface area contributed by atoms with Crippen molar-refractivity contribution in [2.24, 2.45) is 5.73 Å². The number of aliphatic carboxylic acids is 2. The number of rotatable bonds is 13. The molecule has 0 saturated carbocycles. The molecule has 5 unspecified atom stereocenters. The second-order valence-corrected chi connectivity index (χ2v) is 7.22. The zero-order chi connectivity index (χ0) is 24.4. The quantitative estimate of drug-likeness (QED) is 0.128. The molecule has 0 radical (unpaired) electrons. The lowest BCUT2D eigenvalue weighted by molar-refractivity contribution is -0.143. The summed E-state index contributed by atoms with van der Waals surface area (Å²) in [6, 6.07) is -5.78. The molecule has 0 spiro atoms. The fraction of sp³-hybridized carbons (Fsp3) is 0.529. The van der Waals surface area contributed by atoms with Crippen molar-refractivity contribution in [2.45, 2.75) is 50.0 Å². The van der Waals surface area contributed by atoms with Gasteiger partial charge in [-0.3, -0.25) is 19.2 Å². The van der Waals surface area contributed by atoms with Crippen molar-refractivity contribution in [3.05, 3.63) is 18.2 Å². The zero-order valence-electron chi connectivity index (χ0n) is 17.0. The maximum Gasteiger partial charge on any atom is 0.326 e. The molecule has 0 bridgehead atoms. The van der Waals surface area contributed by atoms with Crippen LogP contribution in [0.25, 0.3) is 0 Å². The average molecular weight is 474 g/mol. The van der Waals surface area contributed by atoms with Crippen LogP contribution in [0.3, 0.4) is 0 Å². The number of amides is 3.